The number of hydrogen-bond donors (Lipinski definition) is 2. The van der Waals surface area contributed by atoms with Crippen LogP contribution in [0, 0.1) is 0 Å². The maximum atomic E-state index is 12.1. The number of benzene rings is 1. The number of aromatic nitrogens is 1. The molecule has 1 aromatic carbocycles. The Morgan fingerprint density at radius 3 is 2.88 bits per heavy atom. The Hall–Kier alpha value is -2.12. The second-order valence-electron chi connectivity index (χ2n) is 5.75. The molecule has 0 saturated heterocycles. The van der Waals surface area contributed by atoms with E-state index < -0.39 is 0 Å². The van der Waals surface area contributed by atoms with Crippen LogP contribution in [0.15, 0.2) is 51.4 Å². The molecule has 0 unspecified atom stereocenters. The molecular weight excluding hydrogens is 352 g/mol. The van der Waals surface area contributed by atoms with E-state index in [-0.39, 0.29) is 5.91 Å². The smallest absolute Gasteiger partial charge is 0.230 e. The van der Waals surface area contributed by atoms with Gasteiger partial charge in [0.25, 0.3) is 0 Å². The summed E-state index contributed by atoms with van der Waals surface area (Å²) >= 11 is 3.20. The predicted molar refractivity (Wildman–Crippen MR) is 106 cm³/mol. The molecule has 1 aliphatic heterocycles. The zero-order valence-corrected chi connectivity index (χ0v) is 15.6. The first-order chi connectivity index (χ1) is 12.1. The molecule has 0 atom stereocenters. The molecule has 3 N–H and O–H groups in total. The van der Waals surface area contributed by atoms with Crippen LogP contribution in [0.5, 0.6) is 0 Å². The predicted octanol–water partition coefficient (Wildman–Crippen LogP) is 4.14. The minimum atomic E-state index is -0.0763. The van der Waals surface area contributed by atoms with Gasteiger partial charge in [0, 0.05) is 29.8 Å². The zero-order valence-electron chi connectivity index (χ0n) is 14.0. The van der Waals surface area contributed by atoms with E-state index in [2.05, 4.69) is 22.2 Å². The van der Waals surface area contributed by atoms with Gasteiger partial charge in [0.05, 0.1) is 16.8 Å². The first kappa shape index (κ1) is 17.7. The molecule has 0 saturated carbocycles. The quantitative estimate of drug-likeness (QED) is 0.565. The monoisotopic (exact) mass is 372 g/mol. The maximum absolute atomic E-state index is 12.1. The van der Waals surface area contributed by atoms with Gasteiger partial charge in [-0.15, -0.1) is 11.8 Å². The third-order valence-electron chi connectivity index (χ3n) is 3.77. The van der Waals surface area contributed by atoms with E-state index in [1.165, 1.54) is 22.6 Å². The lowest BCUT2D eigenvalue weighted by molar-refractivity contribution is -0.115. The molecule has 2 heterocycles. The summed E-state index contributed by atoms with van der Waals surface area (Å²) in [5, 5.41) is 3.48. The van der Waals surface area contributed by atoms with Crippen molar-refractivity contribution in [1.82, 2.24) is 4.98 Å². The molecule has 0 bridgehead atoms. The van der Waals surface area contributed by atoms with Gasteiger partial charge in [-0.3, -0.25) is 9.79 Å². The van der Waals surface area contributed by atoms with Crippen LogP contribution in [0.3, 0.4) is 0 Å². The van der Waals surface area contributed by atoms with Crippen LogP contribution in [-0.2, 0) is 11.2 Å². The van der Waals surface area contributed by atoms with Gasteiger partial charge in [0.2, 0.25) is 5.91 Å². The van der Waals surface area contributed by atoms with Gasteiger partial charge in [-0.1, -0.05) is 30.4 Å². The number of nitrogen functional groups attached to an aromatic ring is 1. The van der Waals surface area contributed by atoms with Gasteiger partial charge >= 0.3 is 0 Å². The zero-order chi connectivity index (χ0) is 17.6. The molecule has 2 aromatic rings. The molecular formula is C18H20N4OS2. The topological polar surface area (TPSA) is 80.4 Å². The minimum absolute atomic E-state index is 0.0763. The molecule has 0 radical (unpaired) electrons. The molecule has 0 aliphatic carbocycles. The summed E-state index contributed by atoms with van der Waals surface area (Å²) in [7, 11) is 0. The van der Waals surface area contributed by atoms with Gasteiger partial charge in [-0.05, 0) is 29.7 Å². The first-order valence-corrected chi connectivity index (χ1v) is 9.89. The molecule has 1 aromatic heterocycles. The number of thiazole rings is 1. The number of amides is 1. The number of anilines is 2. The van der Waals surface area contributed by atoms with E-state index >= 15 is 0 Å². The number of aliphatic imine (C=N–C) groups is 1. The number of rotatable bonds is 7. The fourth-order valence-corrected chi connectivity index (χ4v) is 4.19. The average Bonchev–Trinajstić information content (AvgIpc) is 3.24. The normalized spacial score (nSPS) is 13.5. The average molecular weight is 373 g/mol. The summed E-state index contributed by atoms with van der Waals surface area (Å²) in [4.78, 5) is 20.8. The summed E-state index contributed by atoms with van der Waals surface area (Å²) < 4.78 is 1.08. The molecule has 3 rings (SSSR count). The number of carbonyl (C=O) groups is 1. The molecule has 7 heteroatoms. The van der Waals surface area contributed by atoms with E-state index in [9.17, 15) is 4.79 Å². The first-order valence-electron chi connectivity index (χ1n) is 8.08. The van der Waals surface area contributed by atoms with Crippen molar-refractivity contribution in [3.05, 3.63) is 47.8 Å². The Morgan fingerprint density at radius 2 is 2.16 bits per heavy atom. The lowest BCUT2D eigenvalue weighted by Gasteiger charge is -2.02. The third-order valence-corrected chi connectivity index (χ3v) is 5.95. The van der Waals surface area contributed by atoms with Crippen molar-refractivity contribution >= 4 is 45.5 Å². The Morgan fingerprint density at radius 1 is 1.36 bits per heavy atom. The molecule has 25 heavy (non-hydrogen) atoms. The second-order valence-corrected chi connectivity index (χ2v) is 8.06. The summed E-state index contributed by atoms with van der Waals surface area (Å²) in [5.74, 6) is 0.786. The Balaban J connectivity index is 1.46. The lowest BCUT2D eigenvalue weighted by Crippen LogP contribution is -2.14. The highest BCUT2D eigenvalue weighted by molar-refractivity contribution is 8.01. The van der Waals surface area contributed by atoms with Gasteiger partial charge in [0.15, 0.2) is 5.13 Å². The van der Waals surface area contributed by atoms with Gasteiger partial charge in [-0.2, -0.15) is 0 Å². The molecule has 130 valence electrons. The van der Waals surface area contributed by atoms with Crippen LogP contribution in [-0.4, -0.2) is 22.4 Å². The Kier molecular flexibility index (Phi) is 5.88. The van der Waals surface area contributed by atoms with Crippen LogP contribution in [0.1, 0.15) is 25.3 Å². The fourth-order valence-electron chi connectivity index (χ4n) is 2.36. The summed E-state index contributed by atoms with van der Waals surface area (Å²) in [6, 6.07) is 7.31. The van der Waals surface area contributed by atoms with Crippen molar-refractivity contribution in [2.45, 2.75) is 30.4 Å². The summed E-state index contributed by atoms with van der Waals surface area (Å²) in [6.45, 7) is 2.15. The number of thioether (sulfide) groups is 1. The number of allylic oxidation sites excluding steroid dienone is 1. The highest BCUT2D eigenvalue weighted by Crippen LogP contribution is 2.29. The van der Waals surface area contributed by atoms with Crippen molar-refractivity contribution in [2.75, 3.05) is 16.8 Å². The van der Waals surface area contributed by atoms with Crippen molar-refractivity contribution in [3.63, 3.8) is 0 Å². The third kappa shape index (κ3) is 5.17. The number of nitrogens with one attached hydrogen (secondary N) is 1. The van der Waals surface area contributed by atoms with Crippen LogP contribution < -0.4 is 11.1 Å². The maximum Gasteiger partial charge on any atom is 0.230 e. The highest BCUT2D eigenvalue weighted by Gasteiger charge is 2.12. The van der Waals surface area contributed by atoms with E-state index in [0.29, 0.717) is 17.2 Å². The number of nitrogens with two attached hydrogens (primary N) is 1. The van der Waals surface area contributed by atoms with Gasteiger partial charge in [0.1, 0.15) is 0 Å². The second kappa shape index (κ2) is 8.31. The van der Waals surface area contributed by atoms with Crippen LogP contribution in [0.25, 0.3) is 0 Å². The van der Waals surface area contributed by atoms with Crippen LogP contribution >= 0.6 is 23.1 Å². The largest absolute Gasteiger partial charge is 0.399 e. The van der Waals surface area contributed by atoms with Gasteiger partial charge in [-0.25, -0.2) is 4.98 Å². The van der Waals surface area contributed by atoms with E-state index in [4.69, 9.17) is 5.73 Å². The van der Waals surface area contributed by atoms with Crippen LogP contribution in [0.2, 0.25) is 0 Å². The molecule has 0 spiro atoms. The summed E-state index contributed by atoms with van der Waals surface area (Å²) in [5.41, 5.74) is 9.85. The minimum Gasteiger partial charge on any atom is -0.399 e. The van der Waals surface area contributed by atoms with E-state index in [1.54, 1.807) is 30.1 Å². The number of nitrogens with zero attached hydrogens (tertiary/aromatic N) is 2. The molecule has 1 amide bonds. The van der Waals surface area contributed by atoms with E-state index in [0.717, 1.165) is 28.4 Å². The number of hydrogen-bond acceptors (Lipinski definition) is 6. The van der Waals surface area contributed by atoms with Crippen molar-refractivity contribution < 1.29 is 4.79 Å². The van der Waals surface area contributed by atoms with Gasteiger partial charge < -0.3 is 11.1 Å². The Bertz CT molecular complexity index is 809. The standard InChI is InChI=1S/C18H20N4OS2/c1-2-12-7-15(20-9-12)11-24-17-10-21-18(25-17)22-16(23)8-13-3-5-14(19)6-4-13/h3-6,9-10H,2,7-8,11,19H2,1H3,(H,21,22,23). The van der Waals surface area contributed by atoms with Crippen molar-refractivity contribution in [1.29, 1.82) is 0 Å². The van der Waals surface area contributed by atoms with Crippen LogP contribution in [0.4, 0.5) is 10.8 Å². The SMILES string of the molecule is CCC1=CN=C(CSc2cnc(NC(=O)Cc3ccc(N)cc3)s2)C1. The molecule has 5 nitrogen and oxygen atoms in total. The van der Waals surface area contributed by atoms with E-state index in [1.807, 2.05) is 18.3 Å². The highest BCUT2D eigenvalue weighted by atomic mass is 32.2. The van der Waals surface area contributed by atoms with Crippen molar-refractivity contribution in [3.8, 4) is 0 Å². The molecule has 1 aliphatic rings. The lowest BCUT2D eigenvalue weighted by atomic mass is 10.1. The Labute approximate surface area is 155 Å². The summed E-state index contributed by atoms with van der Waals surface area (Å²) in [6.07, 6.45) is 6.13. The molecule has 0 fully saturated rings. The number of carbonyl (C=O) groups excluding carboxylic acids is 1. The van der Waals surface area contributed by atoms with Crippen molar-refractivity contribution in [2.24, 2.45) is 4.99 Å². The fraction of sp³-hybridized carbons (Fsp3) is 0.278.